The van der Waals surface area contributed by atoms with Crippen LogP contribution < -0.4 is 0 Å². The van der Waals surface area contributed by atoms with Crippen molar-refractivity contribution in [2.45, 2.75) is 63.1 Å². The van der Waals surface area contributed by atoms with Crippen molar-refractivity contribution in [1.82, 2.24) is 13.8 Å². The molecule has 1 spiro atoms. The second kappa shape index (κ2) is 7.46. The third kappa shape index (κ3) is 3.74. The Hall–Kier alpha value is -1.38. The zero-order chi connectivity index (χ0) is 19.9. The lowest BCUT2D eigenvalue weighted by Crippen LogP contribution is -2.56. The van der Waals surface area contributed by atoms with E-state index in [1.54, 1.807) is 11.2 Å². The summed E-state index contributed by atoms with van der Waals surface area (Å²) in [5, 5.41) is 0. The van der Waals surface area contributed by atoms with E-state index in [1.807, 2.05) is 34.8 Å². The normalized spacial score (nSPS) is 25.4. The minimum Gasteiger partial charge on any atom is -0.375 e. The highest BCUT2D eigenvalue weighted by atomic mass is 32.2. The first kappa shape index (κ1) is 19.9. The molecule has 1 atom stereocenters. The predicted octanol–water partition coefficient (Wildman–Crippen LogP) is 1.99. The molecule has 0 aromatic carbocycles. The van der Waals surface area contributed by atoms with Crippen molar-refractivity contribution in [1.29, 1.82) is 0 Å². The first-order valence-electron chi connectivity index (χ1n) is 10.4. The van der Waals surface area contributed by atoms with Crippen LogP contribution in [0.2, 0.25) is 0 Å². The SMILES string of the molecule is CCS(=O)(=O)N(C1CC1)C1CCOC2(CCN(C(=O)c3cccn3C)CC2)C1. The smallest absolute Gasteiger partial charge is 0.270 e. The lowest BCUT2D eigenvalue weighted by atomic mass is 9.82. The molecule has 0 N–H and O–H groups in total. The summed E-state index contributed by atoms with van der Waals surface area (Å²) in [5.74, 6) is 0.218. The Morgan fingerprint density at radius 2 is 1.96 bits per heavy atom. The lowest BCUT2D eigenvalue weighted by Gasteiger charge is -2.48. The molecule has 3 heterocycles. The molecule has 28 heavy (non-hydrogen) atoms. The number of sulfonamides is 1. The van der Waals surface area contributed by atoms with Crippen molar-refractivity contribution in [2.75, 3.05) is 25.4 Å². The van der Waals surface area contributed by atoms with Crippen molar-refractivity contribution < 1.29 is 17.9 Å². The molecular weight excluding hydrogens is 378 g/mol. The Bertz CT molecular complexity index is 822. The van der Waals surface area contributed by atoms with Gasteiger partial charge in [0.25, 0.3) is 5.91 Å². The first-order chi connectivity index (χ1) is 13.4. The average molecular weight is 410 g/mol. The molecule has 4 rings (SSSR count). The Morgan fingerprint density at radius 3 is 2.54 bits per heavy atom. The van der Waals surface area contributed by atoms with Crippen LogP contribution in [0.4, 0.5) is 0 Å². The summed E-state index contributed by atoms with van der Waals surface area (Å²) in [6.07, 6.45) is 6.88. The van der Waals surface area contributed by atoms with Gasteiger partial charge in [0.05, 0.1) is 11.4 Å². The molecule has 0 bridgehead atoms. The third-order valence-corrected chi connectivity index (χ3v) is 8.51. The molecular formula is C20H31N3O4S. The quantitative estimate of drug-likeness (QED) is 0.746. The average Bonchev–Trinajstić information content (AvgIpc) is 3.41. The molecule has 1 aromatic rings. The van der Waals surface area contributed by atoms with Gasteiger partial charge in [-0.3, -0.25) is 4.79 Å². The molecule has 7 nitrogen and oxygen atoms in total. The molecule has 8 heteroatoms. The fourth-order valence-corrected chi connectivity index (χ4v) is 6.36. The van der Waals surface area contributed by atoms with Gasteiger partial charge in [0, 0.05) is 45.0 Å². The maximum absolute atomic E-state index is 12.8. The number of piperidine rings is 1. The number of amides is 1. The van der Waals surface area contributed by atoms with Crippen molar-refractivity contribution in [2.24, 2.45) is 7.05 Å². The van der Waals surface area contributed by atoms with E-state index < -0.39 is 10.0 Å². The first-order valence-corrected chi connectivity index (χ1v) is 12.0. The summed E-state index contributed by atoms with van der Waals surface area (Å²) in [6.45, 7) is 3.63. The molecule has 156 valence electrons. The van der Waals surface area contributed by atoms with Crippen LogP contribution in [0.15, 0.2) is 18.3 Å². The van der Waals surface area contributed by atoms with Crippen LogP contribution in [-0.4, -0.2) is 71.2 Å². The monoisotopic (exact) mass is 409 g/mol. The topological polar surface area (TPSA) is 71.8 Å². The van der Waals surface area contributed by atoms with Gasteiger partial charge >= 0.3 is 0 Å². The molecule has 2 saturated heterocycles. The fourth-order valence-electron chi connectivity index (χ4n) is 4.76. The highest BCUT2D eigenvalue weighted by Gasteiger charge is 2.48. The number of aryl methyl sites for hydroxylation is 1. The number of hydrogen-bond donors (Lipinski definition) is 0. The van der Waals surface area contributed by atoms with Crippen LogP contribution in [0.5, 0.6) is 0 Å². The molecule has 1 saturated carbocycles. The zero-order valence-corrected chi connectivity index (χ0v) is 17.7. The Morgan fingerprint density at radius 1 is 1.25 bits per heavy atom. The van der Waals surface area contributed by atoms with E-state index >= 15 is 0 Å². The van der Waals surface area contributed by atoms with Crippen LogP contribution in [0.3, 0.4) is 0 Å². The summed E-state index contributed by atoms with van der Waals surface area (Å²) < 4.78 is 35.2. The summed E-state index contributed by atoms with van der Waals surface area (Å²) in [7, 11) is -1.32. The maximum Gasteiger partial charge on any atom is 0.270 e. The number of rotatable bonds is 5. The van der Waals surface area contributed by atoms with E-state index in [-0.39, 0.29) is 29.3 Å². The van der Waals surface area contributed by atoms with Crippen LogP contribution in [0.25, 0.3) is 0 Å². The lowest BCUT2D eigenvalue weighted by molar-refractivity contribution is -0.123. The Balaban J connectivity index is 1.44. The van der Waals surface area contributed by atoms with Gasteiger partial charge in [0.1, 0.15) is 5.69 Å². The van der Waals surface area contributed by atoms with Crippen LogP contribution in [-0.2, 0) is 21.8 Å². The minimum atomic E-state index is -3.20. The van der Waals surface area contributed by atoms with Gasteiger partial charge in [-0.15, -0.1) is 0 Å². The third-order valence-electron chi connectivity index (χ3n) is 6.54. The van der Waals surface area contributed by atoms with Gasteiger partial charge in [-0.1, -0.05) is 0 Å². The summed E-state index contributed by atoms with van der Waals surface area (Å²) >= 11 is 0. The standard InChI is InChI=1S/C20H31N3O4S/c1-3-28(25,26)23(16-6-7-16)17-8-14-27-20(15-17)9-12-22(13-10-20)19(24)18-5-4-11-21(18)2/h4-5,11,16-17H,3,6-10,12-15H2,1-2H3. The fraction of sp³-hybridized carbons (Fsp3) is 0.750. The number of aromatic nitrogens is 1. The number of hydrogen-bond acceptors (Lipinski definition) is 4. The number of nitrogens with zero attached hydrogens (tertiary/aromatic N) is 3. The summed E-state index contributed by atoms with van der Waals surface area (Å²) in [5.41, 5.74) is 0.400. The zero-order valence-electron chi connectivity index (χ0n) is 16.8. The van der Waals surface area contributed by atoms with Crippen molar-refractivity contribution in [3.63, 3.8) is 0 Å². The molecule has 1 aromatic heterocycles. The molecule has 1 unspecified atom stereocenters. The van der Waals surface area contributed by atoms with E-state index in [1.165, 1.54) is 0 Å². The largest absolute Gasteiger partial charge is 0.375 e. The maximum atomic E-state index is 12.8. The van der Waals surface area contributed by atoms with Crippen molar-refractivity contribution in [3.05, 3.63) is 24.0 Å². The van der Waals surface area contributed by atoms with E-state index in [0.29, 0.717) is 25.4 Å². The number of carbonyl (C=O) groups excluding carboxylic acids is 1. The number of ether oxygens (including phenoxy) is 1. The second-order valence-corrected chi connectivity index (χ2v) is 10.6. The highest BCUT2D eigenvalue weighted by molar-refractivity contribution is 7.89. The van der Waals surface area contributed by atoms with Gasteiger partial charge in [0.15, 0.2) is 0 Å². The van der Waals surface area contributed by atoms with Crippen LogP contribution in [0, 0.1) is 0 Å². The molecule has 0 radical (unpaired) electrons. The van der Waals surface area contributed by atoms with Crippen molar-refractivity contribution >= 4 is 15.9 Å². The predicted molar refractivity (Wildman–Crippen MR) is 107 cm³/mol. The van der Waals surface area contributed by atoms with Crippen molar-refractivity contribution in [3.8, 4) is 0 Å². The van der Waals surface area contributed by atoms with E-state index in [4.69, 9.17) is 4.74 Å². The highest BCUT2D eigenvalue weighted by Crippen LogP contribution is 2.41. The van der Waals surface area contributed by atoms with Gasteiger partial charge < -0.3 is 14.2 Å². The number of carbonyl (C=O) groups is 1. The Labute approximate surface area is 167 Å². The van der Waals surface area contributed by atoms with E-state index in [2.05, 4.69) is 0 Å². The summed E-state index contributed by atoms with van der Waals surface area (Å²) in [4.78, 5) is 14.7. The molecule has 1 aliphatic carbocycles. The molecule has 1 amide bonds. The molecule has 3 fully saturated rings. The molecule has 3 aliphatic rings. The van der Waals surface area contributed by atoms with Gasteiger partial charge in [-0.05, 0) is 57.6 Å². The van der Waals surface area contributed by atoms with E-state index in [9.17, 15) is 13.2 Å². The van der Waals surface area contributed by atoms with E-state index in [0.717, 1.165) is 38.5 Å². The van der Waals surface area contributed by atoms with Crippen LogP contribution in [0.1, 0.15) is 55.9 Å². The Kier molecular flexibility index (Phi) is 5.31. The minimum absolute atomic E-state index is 0.0290. The number of likely N-dealkylation sites (tertiary alicyclic amines) is 1. The molecule has 2 aliphatic heterocycles. The van der Waals surface area contributed by atoms with Crippen LogP contribution >= 0.6 is 0 Å². The second-order valence-electron chi connectivity index (χ2n) is 8.44. The van der Waals surface area contributed by atoms with Gasteiger partial charge in [-0.25, -0.2) is 8.42 Å². The van der Waals surface area contributed by atoms with Gasteiger partial charge in [0.2, 0.25) is 10.0 Å². The summed E-state index contributed by atoms with van der Waals surface area (Å²) in [6, 6.07) is 3.95. The van der Waals surface area contributed by atoms with Gasteiger partial charge in [-0.2, -0.15) is 4.31 Å².